The van der Waals surface area contributed by atoms with Gasteiger partial charge in [0.1, 0.15) is 18.2 Å². The number of ether oxygens (including phenoxy) is 1. The summed E-state index contributed by atoms with van der Waals surface area (Å²) in [5.41, 5.74) is 0.352. The first kappa shape index (κ1) is 15.2. The summed E-state index contributed by atoms with van der Waals surface area (Å²) in [4.78, 5) is 9.69. The van der Waals surface area contributed by atoms with Gasteiger partial charge in [-0.15, -0.1) is 11.6 Å². The van der Waals surface area contributed by atoms with Gasteiger partial charge in [0.2, 0.25) is 5.82 Å². The van der Waals surface area contributed by atoms with Crippen LogP contribution in [-0.2, 0) is 12.5 Å². The fourth-order valence-electron chi connectivity index (χ4n) is 1.74. The van der Waals surface area contributed by atoms with Crippen molar-refractivity contribution in [2.24, 2.45) is 0 Å². The van der Waals surface area contributed by atoms with E-state index in [0.29, 0.717) is 11.1 Å². The van der Waals surface area contributed by atoms with Crippen molar-refractivity contribution in [3.8, 4) is 5.75 Å². The molecule has 0 unspecified atom stereocenters. The Morgan fingerprint density at radius 1 is 1.14 bits per heavy atom. The van der Waals surface area contributed by atoms with Crippen molar-refractivity contribution < 1.29 is 18.4 Å². The summed E-state index contributed by atoms with van der Waals surface area (Å²) in [6, 6.07) is 7.48. The highest BCUT2D eigenvalue weighted by Gasteiger charge is 2.13. The van der Waals surface area contributed by atoms with E-state index in [1.54, 1.807) is 6.07 Å². The van der Waals surface area contributed by atoms with Gasteiger partial charge in [0.25, 0.3) is 0 Å². The summed E-state index contributed by atoms with van der Waals surface area (Å²) in [7, 11) is 0. The Bertz CT molecular complexity index is 679. The molecule has 0 spiro atoms. The highest BCUT2D eigenvalue weighted by atomic mass is 35.5. The summed E-state index contributed by atoms with van der Waals surface area (Å²) >= 11 is 5.62. The molecule has 0 bridgehead atoms. The number of rotatable bonds is 5. The van der Waals surface area contributed by atoms with Gasteiger partial charge < -0.3 is 4.74 Å². The minimum Gasteiger partial charge on any atom is -0.489 e. The molecule has 110 valence electrons. The fourth-order valence-corrected chi connectivity index (χ4v) is 1.89. The van der Waals surface area contributed by atoms with Crippen molar-refractivity contribution in [1.82, 2.24) is 0 Å². The molecule has 0 heterocycles. The van der Waals surface area contributed by atoms with Crippen LogP contribution >= 0.6 is 11.6 Å². The third-order valence-corrected chi connectivity index (χ3v) is 3.01. The Morgan fingerprint density at radius 3 is 2.52 bits per heavy atom. The van der Waals surface area contributed by atoms with Crippen LogP contribution in [0.4, 0.5) is 14.5 Å². The number of halogens is 3. The molecule has 0 radical (unpaired) electrons. The van der Waals surface area contributed by atoms with Crippen LogP contribution in [0.1, 0.15) is 11.1 Å². The lowest BCUT2D eigenvalue weighted by Gasteiger charge is -2.08. The summed E-state index contributed by atoms with van der Waals surface area (Å²) in [5.74, 6) is -1.04. The molecule has 0 fully saturated rings. The maximum absolute atomic E-state index is 13.4. The normalized spacial score (nSPS) is 10.4. The Kier molecular flexibility index (Phi) is 4.70. The van der Waals surface area contributed by atoms with Crippen molar-refractivity contribution in [3.63, 3.8) is 0 Å². The number of alkyl halides is 1. The molecule has 7 heteroatoms. The number of benzene rings is 2. The molecule has 0 saturated carbocycles. The molecule has 0 aliphatic carbocycles. The van der Waals surface area contributed by atoms with Crippen molar-refractivity contribution >= 4 is 17.3 Å². The van der Waals surface area contributed by atoms with Crippen LogP contribution in [0, 0.1) is 21.7 Å². The van der Waals surface area contributed by atoms with Gasteiger partial charge in [-0.3, -0.25) is 10.1 Å². The van der Waals surface area contributed by atoms with Crippen LogP contribution in [0.15, 0.2) is 36.4 Å². The van der Waals surface area contributed by atoms with E-state index >= 15 is 0 Å². The second-order valence-electron chi connectivity index (χ2n) is 4.26. The zero-order valence-electron chi connectivity index (χ0n) is 10.7. The fraction of sp³-hybridized carbons (Fsp3) is 0.143. The number of nitro groups is 1. The molecule has 2 aromatic rings. The van der Waals surface area contributed by atoms with Crippen LogP contribution in [0.25, 0.3) is 0 Å². The van der Waals surface area contributed by atoms with E-state index in [0.717, 1.165) is 12.1 Å². The third kappa shape index (κ3) is 3.88. The predicted molar refractivity (Wildman–Crippen MR) is 73.3 cm³/mol. The van der Waals surface area contributed by atoms with Gasteiger partial charge in [0, 0.05) is 18.0 Å². The molecule has 0 aliphatic heterocycles. The summed E-state index contributed by atoms with van der Waals surface area (Å²) < 4.78 is 32.0. The maximum atomic E-state index is 13.4. The van der Waals surface area contributed by atoms with Crippen LogP contribution in [-0.4, -0.2) is 4.92 Å². The number of nitrogens with zero attached hydrogens (tertiary/aromatic N) is 1. The van der Waals surface area contributed by atoms with E-state index in [1.807, 2.05) is 0 Å². The van der Waals surface area contributed by atoms with Gasteiger partial charge in [-0.05, 0) is 35.4 Å². The molecule has 0 atom stereocenters. The first-order valence-corrected chi connectivity index (χ1v) is 6.44. The quantitative estimate of drug-likeness (QED) is 0.472. The van der Waals surface area contributed by atoms with Crippen molar-refractivity contribution in [2.75, 3.05) is 0 Å². The first-order chi connectivity index (χ1) is 9.99. The molecule has 0 aliphatic rings. The lowest BCUT2D eigenvalue weighted by molar-refractivity contribution is -0.387. The van der Waals surface area contributed by atoms with Crippen LogP contribution < -0.4 is 4.74 Å². The second kappa shape index (κ2) is 6.49. The molecule has 0 N–H and O–H groups in total. The van der Waals surface area contributed by atoms with E-state index < -0.39 is 22.2 Å². The average Bonchev–Trinajstić information content (AvgIpc) is 2.44. The largest absolute Gasteiger partial charge is 0.489 e. The minimum atomic E-state index is -0.943. The Labute approximate surface area is 124 Å². The molecule has 4 nitrogen and oxygen atoms in total. The van der Waals surface area contributed by atoms with Crippen LogP contribution in [0.2, 0.25) is 0 Å². The van der Waals surface area contributed by atoms with E-state index in [9.17, 15) is 18.9 Å². The Hall–Kier alpha value is -2.21. The lowest BCUT2D eigenvalue weighted by atomic mass is 10.2. The lowest BCUT2D eigenvalue weighted by Crippen LogP contribution is -1.99. The van der Waals surface area contributed by atoms with E-state index in [1.165, 1.54) is 18.2 Å². The molecule has 2 rings (SSSR count). The standard InChI is InChI=1S/C14H10ClF2NO3/c15-7-10-3-11(16)6-12(4-10)21-8-9-1-2-14(18(19)20)13(17)5-9/h1-6H,7-8H2. The predicted octanol–water partition coefficient (Wildman–Crippen LogP) is 4.19. The van der Waals surface area contributed by atoms with Gasteiger partial charge in [0.05, 0.1) is 4.92 Å². The van der Waals surface area contributed by atoms with E-state index in [2.05, 4.69) is 0 Å². The third-order valence-electron chi connectivity index (χ3n) is 2.70. The topological polar surface area (TPSA) is 52.4 Å². The van der Waals surface area contributed by atoms with Gasteiger partial charge in [0.15, 0.2) is 0 Å². The maximum Gasteiger partial charge on any atom is 0.304 e. The van der Waals surface area contributed by atoms with Crippen molar-refractivity contribution in [2.45, 2.75) is 12.5 Å². The van der Waals surface area contributed by atoms with Gasteiger partial charge >= 0.3 is 5.69 Å². The number of hydrogen-bond acceptors (Lipinski definition) is 3. The highest BCUT2D eigenvalue weighted by Crippen LogP contribution is 2.21. The van der Waals surface area contributed by atoms with Gasteiger partial charge in [-0.1, -0.05) is 0 Å². The highest BCUT2D eigenvalue weighted by molar-refractivity contribution is 6.17. The molecule has 2 aromatic carbocycles. The molecule has 21 heavy (non-hydrogen) atoms. The molecule has 0 aromatic heterocycles. The smallest absolute Gasteiger partial charge is 0.304 e. The second-order valence-corrected chi connectivity index (χ2v) is 4.53. The van der Waals surface area contributed by atoms with Crippen molar-refractivity contribution in [3.05, 3.63) is 69.3 Å². The molecular weight excluding hydrogens is 304 g/mol. The van der Waals surface area contributed by atoms with Crippen molar-refractivity contribution in [1.29, 1.82) is 0 Å². The average molecular weight is 314 g/mol. The SMILES string of the molecule is O=[N+]([O-])c1ccc(COc2cc(F)cc(CCl)c2)cc1F. The van der Waals surface area contributed by atoms with E-state index in [-0.39, 0.29) is 18.2 Å². The summed E-state index contributed by atoms with van der Waals surface area (Å²) in [6.45, 7) is -0.0416. The molecule has 0 saturated heterocycles. The van der Waals surface area contributed by atoms with Gasteiger partial charge in [-0.25, -0.2) is 4.39 Å². The van der Waals surface area contributed by atoms with Crippen LogP contribution in [0.3, 0.4) is 0 Å². The number of nitro benzene ring substituents is 1. The summed E-state index contributed by atoms with van der Waals surface area (Å²) in [6.07, 6.45) is 0. The van der Waals surface area contributed by atoms with E-state index in [4.69, 9.17) is 16.3 Å². The molecule has 0 amide bonds. The molecular formula is C14H10ClF2NO3. The summed E-state index contributed by atoms with van der Waals surface area (Å²) in [5, 5.41) is 10.5. The Balaban J connectivity index is 2.11. The zero-order chi connectivity index (χ0) is 15.4. The zero-order valence-corrected chi connectivity index (χ0v) is 11.4. The monoisotopic (exact) mass is 313 g/mol. The number of hydrogen-bond donors (Lipinski definition) is 0. The first-order valence-electron chi connectivity index (χ1n) is 5.90. The minimum absolute atomic E-state index is 0.0416. The Morgan fingerprint density at radius 2 is 1.90 bits per heavy atom. The van der Waals surface area contributed by atoms with Crippen LogP contribution in [0.5, 0.6) is 5.75 Å². The van der Waals surface area contributed by atoms with Gasteiger partial charge in [-0.2, -0.15) is 4.39 Å².